The molecule has 4 aliphatic rings. The van der Waals surface area contributed by atoms with E-state index in [1.165, 1.54) is 70.9 Å². The fourth-order valence-corrected chi connectivity index (χ4v) is 6.16. The Kier molecular flexibility index (Phi) is 15.6. The van der Waals surface area contributed by atoms with Gasteiger partial charge in [-0.25, -0.2) is 0 Å². The highest BCUT2D eigenvalue weighted by atomic mass is 16.8. The van der Waals surface area contributed by atoms with Gasteiger partial charge in [0, 0.05) is 19.6 Å². The zero-order valence-corrected chi connectivity index (χ0v) is 25.9. The third kappa shape index (κ3) is 13.3. The highest BCUT2D eigenvalue weighted by molar-refractivity contribution is 4.94. The first-order valence-corrected chi connectivity index (χ1v) is 16.3. The van der Waals surface area contributed by atoms with Crippen molar-refractivity contribution in [1.82, 2.24) is 14.7 Å². The lowest BCUT2D eigenvalue weighted by atomic mass is 10.1. The molecule has 0 aromatic rings. The minimum absolute atomic E-state index is 0.00247. The Bertz CT molecular complexity index is 655. The number of piperidine rings is 3. The van der Waals surface area contributed by atoms with Crippen molar-refractivity contribution in [3.63, 3.8) is 0 Å². The highest BCUT2D eigenvalue weighted by Crippen LogP contribution is 2.38. The number of hydrogen-bond donors (Lipinski definition) is 3. The molecule has 9 nitrogen and oxygen atoms in total. The summed E-state index contributed by atoms with van der Waals surface area (Å²) in [5, 5.41) is 28.1. The Morgan fingerprint density at radius 2 is 1.25 bits per heavy atom. The van der Waals surface area contributed by atoms with Crippen LogP contribution in [-0.4, -0.2) is 139 Å². The van der Waals surface area contributed by atoms with Crippen LogP contribution in [0.4, 0.5) is 0 Å². The number of aliphatic hydroxyl groups is 3. The van der Waals surface area contributed by atoms with Crippen LogP contribution in [0, 0.1) is 5.92 Å². The average molecular weight is 572 g/mol. The molecule has 9 heteroatoms. The molecule has 0 aliphatic carbocycles. The second-order valence-electron chi connectivity index (χ2n) is 13.1. The zero-order valence-electron chi connectivity index (χ0n) is 25.9. The highest BCUT2D eigenvalue weighted by Gasteiger charge is 2.54. The van der Waals surface area contributed by atoms with Crippen LogP contribution in [0.3, 0.4) is 0 Å². The maximum atomic E-state index is 10.4. The van der Waals surface area contributed by atoms with Crippen molar-refractivity contribution in [2.45, 2.75) is 115 Å². The molecule has 4 saturated heterocycles. The van der Waals surface area contributed by atoms with E-state index in [4.69, 9.17) is 24.4 Å². The first-order chi connectivity index (χ1) is 19.3. The number of β-amino-alcohol motifs (C(OH)–C–C–N with tert-alkyl or cyclic N) is 2. The van der Waals surface area contributed by atoms with Gasteiger partial charge < -0.3 is 44.2 Å². The monoisotopic (exact) mass is 571 g/mol. The maximum Gasteiger partial charge on any atom is 0.193 e. The first-order valence-electron chi connectivity index (χ1n) is 16.3. The van der Waals surface area contributed by atoms with Gasteiger partial charge in [0.25, 0.3) is 0 Å². The molecule has 40 heavy (non-hydrogen) atoms. The summed E-state index contributed by atoms with van der Waals surface area (Å²) >= 11 is 0. The smallest absolute Gasteiger partial charge is 0.193 e. The van der Waals surface area contributed by atoms with Gasteiger partial charge in [0.15, 0.2) is 5.79 Å². The van der Waals surface area contributed by atoms with Crippen molar-refractivity contribution >= 4 is 0 Å². The van der Waals surface area contributed by atoms with E-state index in [-0.39, 0.29) is 18.8 Å². The van der Waals surface area contributed by atoms with Crippen molar-refractivity contribution in [1.29, 1.82) is 0 Å². The predicted octanol–water partition coefficient (Wildman–Crippen LogP) is 2.71. The van der Waals surface area contributed by atoms with E-state index < -0.39 is 18.0 Å². The first kappa shape index (κ1) is 34.1. The molecule has 0 aromatic carbocycles. The van der Waals surface area contributed by atoms with Gasteiger partial charge in [-0.05, 0) is 97.1 Å². The Morgan fingerprint density at radius 3 is 1.75 bits per heavy atom. The third-order valence-electron chi connectivity index (χ3n) is 8.64. The van der Waals surface area contributed by atoms with Crippen LogP contribution in [0.2, 0.25) is 0 Å². The molecule has 5 atom stereocenters. The van der Waals surface area contributed by atoms with Gasteiger partial charge in [-0.3, -0.25) is 0 Å². The molecule has 5 unspecified atom stereocenters. The summed E-state index contributed by atoms with van der Waals surface area (Å²) in [6, 6.07) is 0. The lowest BCUT2D eigenvalue weighted by Crippen LogP contribution is -2.39. The van der Waals surface area contributed by atoms with Crippen molar-refractivity contribution < 1.29 is 29.5 Å². The van der Waals surface area contributed by atoms with E-state index in [1.807, 2.05) is 0 Å². The number of hydrogen-bond acceptors (Lipinski definition) is 9. The van der Waals surface area contributed by atoms with E-state index >= 15 is 0 Å². The Morgan fingerprint density at radius 1 is 0.750 bits per heavy atom. The van der Waals surface area contributed by atoms with Gasteiger partial charge in [-0.15, -0.1) is 0 Å². The number of rotatable bonds is 15. The van der Waals surface area contributed by atoms with E-state index in [1.54, 1.807) is 0 Å². The average Bonchev–Trinajstić information content (AvgIpc) is 3.60. The molecule has 4 heterocycles. The molecular weight excluding hydrogens is 510 g/mol. The second-order valence-corrected chi connectivity index (χ2v) is 13.1. The quantitative estimate of drug-likeness (QED) is 0.256. The molecule has 0 radical (unpaired) electrons. The Labute approximate surface area is 244 Å². The lowest BCUT2D eigenvalue weighted by Gasteiger charge is -2.29. The summed E-state index contributed by atoms with van der Waals surface area (Å²) in [7, 11) is 0. The standard InChI is InChI=1S/C23H44N2O4.C8H17NO2/c1-19(2)14-21(27-17-20(26)15-24-10-6-4-7-11-24)18-28-23(3)22(29-23)16-25-12-8-5-9-13-25;10-7-8(11)6-9-4-2-1-3-5-9/h19-22,26H,4-18H2,1-3H3;8,10-11H,1-7H2. The van der Waals surface area contributed by atoms with E-state index in [9.17, 15) is 5.11 Å². The topological polar surface area (TPSA) is 101 Å². The molecule has 236 valence electrons. The van der Waals surface area contributed by atoms with Crippen molar-refractivity contribution in [2.75, 3.05) is 78.7 Å². The minimum atomic E-state index is -0.548. The Balaban J connectivity index is 0.000000336. The van der Waals surface area contributed by atoms with Gasteiger partial charge in [-0.1, -0.05) is 33.1 Å². The fraction of sp³-hybridized carbons (Fsp3) is 1.00. The molecule has 0 aromatic heterocycles. The molecule has 0 amide bonds. The second kappa shape index (κ2) is 18.3. The van der Waals surface area contributed by atoms with Crippen molar-refractivity contribution in [3.8, 4) is 0 Å². The SMILES string of the molecule is CC(C)CC(COC1(C)OC1CN1CCCCC1)OCC(O)CN1CCCCC1.OCC(O)CN1CCCCC1. The van der Waals surface area contributed by atoms with Crippen LogP contribution >= 0.6 is 0 Å². The lowest BCUT2D eigenvalue weighted by molar-refractivity contribution is -0.104. The zero-order chi connectivity index (χ0) is 28.8. The third-order valence-corrected chi connectivity index (χ3v) is 8.64. The molecule has 0 spiro atoms. The number of epoxide rings is 1. The van der Waals surface area contributed by atoms with Crippen molar-refractivity contribution in [2.24, 2.45) is 5.92 Å². The van der Waals surface area contributed by atoms with Gasteiger partial charge in [-0.2, -0.15) is 0 Å². The minimum Gasteiger partial charge on any atom is -0.394 e. The molecule has 4 rings (SSSR count). The summed E-state index contributed by atoms with van der Waals surface area (Å²) in [6.45, 7) is 16.3. The summed E-state index contributed by atoms with van der Waals surface area (Å²) in [5.74, 6) is 0.0579. The summed E-state index contributed by atoms with van der Waals surface area (Å²) < 4.78 is 18.2. The molecule has 0 saturated carbocycles. The van der Waals surface area contributed by atoms with Crippen LogP contribution in [-0.2, 0) is 14.2 Å². The van der Waals surface area contributed by atoms with Crippen LogP contribution in [0.15, 0.2) is 0 Å². The normalized spacial score (nSPS) is 29.0. The maximum absolute atomic E-state index is 10.4. The number of ether oxygens (including phenoxy) is 3. The van der Waals surface area contributed by atoms with E-state index in [0.29, 0.717) is 32.2 Å². The Hall–Kier alpha value is -0.360. The fourth-order valence-electron chi connectivity index (χ4n) is 6.16. The molecular formula is C31H61N3O6. The van der Waals surface area contributed by atoms with Gasteiger partial charge >= 0.3 is 0 Å². The number of nitrogens with zero attached hydrogens (tertiary/aromatic N) is 3. The van der Waals surface area contributed by atoms with Crippen LogP contribution in [0.1, 0.15) is 85.0 Å². The molecule has 0 bridgehead atoms. The number of aliphatic hydroxyl groups excluding tert-OH is 3. The van der Waals surface area contributed by atoms with Crippen LogP contribution in [0.5, 0.6) is 0 Å². The van der Waals surface area contributed by atoms with E-state index in [0.717, 1.165) is 39.1 Å². The summed E-state index contributed by atoms with van der Waals surface area (Å²) in [4.78, 5) is 7.07. The largest absolute Gasteiger partial charge is 0.394 e. The van der Waals surface area contributed by atoms with Gasteiger partial charge in [0.1, 0.15) is 6.10 Å². The van der Waals surface area contributed by atoms with Crippen LogP contribution < -0.4 is 0 Å². The summed E-state index contributed by atoms with van der Waals surface area (Å²) in [6.07, 6.45) is 11.7. The van der Waals surface area contributed by atoms with Gasteiger partial charge in [0.05, 0.1) is 38.1 Å². The molecule has 4 aliphatic heterocycles. The molecule has 4 fully saturated rings. The predicted molar refractivity (Wildman–Crippen MR) is 158 cm³/mol. The summed E-state index contributed by atoms with van der Waals surface area (Å²) in [5.41, 5.74) is 0. The molecule has 3 N–H and O–H groups in total. The van der Waals surface area contributed by atoms with E-state index in [2.05, 4.69) is 35.5 Å². The van der Waals surface area contributed by atoms with Crippen LogP contribution in [0.25, 0.3) is 0 Å². The van der Waals surface area contributed by atoms with Gasteiger partial charge in [0.2, 0.25) is 0 Å². The number of likely N-dealkylation sites (tertiary alicyclic amines) is 3. The van der Waals surface area contributed by atoms with Crippen molar-refractivity contribution in [3.05, 3.63) is 0 Å².